The van der Waals surface area contributed by atoms with Crippen LogP contribution in [0.4, 0.5) is 26.3 Å². The summed E-state index contributed by atoms with van der Waals surface area (Å²) in [6.07, 6.45) is -11.2. The predicted octanol–water partition coefficient (Wildman–Crippen LogP) is 4.13. The first-order valence-electron chi connectivity index (χ1n) is 6.37. The molecule has 8 heteroatoms. The van der Waals surface area contributed by atoms with E-state index in [0.717, 1.165) is 0 Å². The lowest BCUT2D eigenvalue weighted by Gasteiger charge is -2.31. The number of hydrogen-bond donors (Lipinski definition) is 2. The molecule has 0 unspecified atom stereocenters. The fraction of sp³-hybridized carbons (Fsp3) is 0.571. The Labute approximate surface area is 123 Å². The molecule has 2 nitrogen and oxygen atoms in total. The lowest BCUT2D eigenvalue weighted by molar-refractivity contribution is -0.143. The van der Waals surface area contributed by atoms with Gasteiger partial charge in [-0.05, 0) is 29.2 Å². The van der Waals surface area contributed by atoms with Crippen LogP contribution in [0.1, 0.15) is 43.5 Å². The van der Waals surface area contributed by atoms with Crippen LogP contribution >= 0.6 is 0 Å². The van der Waals surface area contributed by atoms with Crippen molar-refractivity contribution < 1.29 is 31.4 Å². The van der Waals surface area contributed by atoms with E-state index in [1.165, 1.54) is 0 Å². The summed E-state index contributed by atoms with van der Waals surface area (Å²) in [6.45, 7) is 4.74. The van der Waals surface area contributed by atoms with Crippen molar-refractivity contribution in [2.24, 2.45) is 11.1 Å². The van der Waals surface area contributed by atoms with Crippen LogP contribution in [0.5, 0.6) is 0 Å². The van der Waals surface area contributed by atoms with Crippen molar-refractivity contribution in [2.45, 2.75) is 45.3 Å². The highest BCUT2D eigenvalue weighted by molar-refractivity contribution is 5.35. The third-order valence-electron chi connectivity index (χ3n) is 3.22. The van der Waals surface area contributed by atoms with Crippen molar-refractivity contribution in [3.05, 3.63) is 34.9 Å². The molecule has 1 aromatic carbocycles. The van der Waals surface area contributed by atoms with E-state index in [0.29, 0.717) is 12.1 Å². The number of aliphatic hydroxyl groups is 1. The lowest BCUT2D eigenvalue weighted by atomic mass is 9.82. The molecule has 0 amide bonds. The zero-order valence-electron chi connectivity index (χ0n) is 12.2. The topological polar surface area (TPSA) is 46.2 Å². The average Bonchev–Trinajstić information content (AvgIpc) is 2.33. The second-order valence-electron chi connectivity index (χ2n) is 6.18. The van der Waals surface area contributed by atoms with Gasteiger partial charge in [0.2, 0.25) is 0 Å². The zero-order chi connectivity index (χ0) is 17.5. The quantitative estimate of drug-likeness (QED) is 0.802. The summed E-state index contributed by atoms with van der Waals surface area (Å²) in [5.74, 6) is 0. The molecule has 0 aliphatic rings. The minimum Gasteiger partial charge on any atom is -0.391 e. The molecule has 0 saturated heterocycles. The molecule has 0 saturated carbocycles. The fourth-order valence-electron chi connectivity index (χ4n) is 1.89. The fourth-order valence-corrected chi connectivity index (χ4v) is 1.89. The molecule has 0 spiro atoms. The van der Waals surface area contributed by atoms with E-state index in [-0.39, 0.29) is 6.07 Å². The van der Waals surface area contributed by atoms with E-state index >= 15 is 0 Å². The van der Waals surface area contributed by atoms with E-state index < -0.39 is 46.6 Å². The Balaban J connectivity index is 3.42. The molecule has 3 N–H and O–H groups in total. The Morgan fingerprint density at radius 1 is 0.864 bits per heavy atom. The summed E-state index contributed by atoms with van der Waals surface area (Å²) >= 11 is 0. The first kappa shape index (κ1) is 18.8. The molecule has 22 heavy (non-hydrogen) atoms. The molecule has 0 bridgehead atoms. The molecule has 2 atom stereocenters. The maximum absolute atomic E-state index is 12.8. The van der Waals surface area contributed by atoms with Gasteiger partial charge in [-0.1, -0.05) is 20.8 Å². The van der Waals surface area contributed by atoms with Crippen molar-refractivity contribution in [2.75, 3.05) is 0 Å². The second kappa shape index (κ2) is 5.73. The van der Waals surface area contributed by atoms with Crippen molar-refractivity contribution in [3.63, 3.8) is 0 Å². The Morgan fingerprint density at radius 3 is 1.50 bits per heavy atom. The van der Waals surface area contributed by atoms with Gasteiger partial charge in [-0.25, -0.2) is 0 Å². The van der Waals surface area contributed by atoms with Crippen molar-refractivity contribution in [1.82, 2.24) is 0 Å². The first-order valence-corrected chi connectivity index (χ1v) is 6.37. The summed E-state index contributed by atoms with van der Waals surface area (Å²) in [4.78, 5) is 0. The van der Waals surface area contributed by atoms with Crippen molar-refractivity contribution in [3.8, 4) is 0 Å². The third-order valence-corrected chi connectivity index (χ3v) is 3.22. The van der Waals surface area contributed by atoms with Crippen LogP contribution in [0.2, 0.25) is 0 Å². The Hall–Kier alpha value is -1.28. The van der Waals surface area contributed by atoms with Crippen molar-refractivity contribution in [1.29, 1.82) is 0 Å². The van der Waals surface area contributed by atoms with E-state index in [4.69, 9.17) is 5.73 Å². The van der Waals surface area contributed by atoms with Gasteiger partial charge in [0, 0.05) is 0 Å². The van der Waals surface area contributed by atoms with Gasteiger partial charge in [0.15, 0.2) is 0 Å². The smallest absolute Gasteiger partial charge is 0.391 e. The molecule has 1 rings (SSSR count). The van der Waals surface area contributed by atoms with E-state index in [2.05, 4.69) is 0 Å². The van der Waals surface area contributed by atoms with E-state index in [1.807, 2.05) is 0 Å². The van der Waals surface area contributed by atoms with Gasteiger partial charge >= 0.3 is 12.4 Å². The highest BCUT2D eigenvalue weighted by atomic mass is 19.4. The number of nitrogens with two attached hydrogens (primary N) is 1. The van der Waals surface area contributed by atoms with Crippen LogP contribution in [-0.4, -0.2) is 11.2 Å². The summed E-state index contributed by atoms with van der Waals surface area (Å²) in [5.41, 5.74) is 1.55. The summed E-state index contributed by atoms with van der Waals surface area (Å²) in [6, 6.07) is -0.271. The van der Waals surface area contributed by atoms with Gasteiger partial charge in [-0.3, -0.25) is 0 Å². The molecular weight excluding hydrogens is 312 g/mol. The molecule has 0 aliphatic heterocycles. The minimum absolute atomic E-state index is 0.0275. The van der Waals surface area contributed by atoms with Gasteiger partial charge in [-0.15, -0.1) is 0 Å². The predicted molar refractivity (Wildman–Crippen MR) is 68.8 cm³/mol. The van der Waals surface area contributed by atoms with Gasteiger partial charge in [0.25, 0.3) is 0 Å². The van der Waals surface area contributed by atoms with Crippen LogP contribution in [-0.2, 0) is 12.4 Å². The van der Waals surface area contributed by atoms with Crippen molar-refractivity contribution >= 4 is 0 Å². The van der Waals surface area contributed by atoms with Crippen LogP contribution in [0, 0.1) is 5.41 Å². The normalized spacial score (nSPS) is 16.5. The Kier molecular flexibility index (Phi) is 4.89. The number of rotatable bonds is 2. The van der Waals surface area contributed by atoms with E-state index in [1.54, 1.807) is 20.8 Å². The number of hydrogen-bond acceptors (Lipinski definition) is 2. The van der Waals surface area contributed by atoms with Crippen LogP contribution in [0.25, 0.3) is 0 Å². The summed E-state index contributed by atoms with van der Waals surface area (Å²) < 4.78 is 76.6. The lowest BCUT2D eigenvalue weighted by Crippen LogP contribution is -2.37. The van der Waals surface area contributed by atoms with Gasteiger partial charge in [0.05, 0.1) is 23.3 Å². The molecule has 0 radical (unpaired) electrons. The standard InChI is InChI=1S/C14H17F6NO/c1-12(2,3)11(22)10(21)7-4-8(13(15,16)17)6-9(5-7)14(18,19)20/h4-6,10-11,22H,21H2,1-3H3/t10-,11-/m1/s1. The monoisotopic (exact) mass is 329 g/mol. The Bertz CT molecular complexity index is 497. The zero-order valence-corrected chi connectivity index (χ0v) is 12.2. The van der Waals surface area contributed by atoms with Crippen LogP contribution in [0.3, 0.4) is 0 Å². The maximum Gasteiger partial charge on any atom is 0.416 e. The summed E-state index contributed by atoms with van der Waals surface area (Å²) in [5, 5.41) is 10.0. The SMILES string of the molecule is CC(C)(C)[C@H](O)[C@H](N)c1cc(C(F)(F)F)cc(C(F)(F)F)c1. The summed E-state index contributed by atoms with van der Waals surface area (Å²) in [7, 11) is 0. The van der Waals surface area contributed by atoms with E-state index in [9.17, 15) is 31.4 Å². The molecule has 0 heterocycles. The van der Waals surface area contributed by atoms with Gasteiger partial charge in [0.1, 0.15) is 0 Å². The molecule has 0 aliphatic carbocycles. The molecule has 0 fully saturated rings. The minimum atomic E-state index is -4.94. The Morgan fingerprint density at radius 2 is 1.23 bits per heavy atom. The molecule has 0 aromatic heterocycles. The average molecular weight is 329 g/mol. The van der Waals surface area contributed by atoms with Gasteiger partial charge < -0.3 is 10.8 Å². The largest absolute Gasteiger partial charge is 0.416 e. The molecule has 1 aromatic rings. The van der Waals surface area contributed by atoms with Gasteiger partial charge in [-0.2, -0.15) is 26.3 Å². The second-order valence-corrected chi connectivity index (χ2v) is 6.18. The van der Waals surface area contributed by atoms with Crippen LogP contribution < -0.4 is 5.73 Å². The molecular formula is C14H17F6NO. The number of aliphatic hydroxyl groups excluding tert-OH is 1. The highest BCUT2D eigenvalue weighted by Gasteiger charge is 2.38. The number of alkyl halides is 6. The number of benzene rings is 1. The first-order chi connectivity index (χ1) is 9.64. The molecule has 126 valence electrons. The number of halogens is 6. The maximum atomic E-state index is 12.8. The highest BCUT2D eigenvalue weighted by Crippen LogP contribution is 2.38. The van der Waals surface area contributed by atoms with Crippen LogP contribution in [0.15, 0.2) is 18.2 Å². The third kappa shape index (κ3) is 4.36.